The molecule has 274 valence electrons. The Bertz CT molecular complexity index is 1730. The summed E-state index contributed by atoms with van der Waals surface area (Å²) in [5, 5.41) is 6.23. The second-order valence-corrected chi connectivity index (χ2v) is 23.7. The zero-order valence-electron chi connectivity index (χ0n) is 30.5. The molecule has 0 aromatic heterocycles. The van der Waals surface area contributed by atoms with E-state index in [1.807, 2.05) is 18.2 Å². The van der Waals surface area contributed by atoms with E-state index >= 15 is 0 Å². The van der Waals surface area contributed by atoms with Gasteiger partial charge < -0.3 is 18.8 Å². The number of primary sulfonamides is 1. The van der Waals surface area contributed by atoms with E-state index in [0.717, 1.165) is 74.5 Å². The van der Waals surface area contributed by atoms with Crippen molar-refractivity contribution in [3.63, 3.8) is 0 Å². The number of nitrogens with two attached hydrogens (primary N) is 1. The van der Waals surface area contributed by atoms with E-state index in [1.54, 1.807) is 6.07 Å². The minimum absolute atomic E-state index is 0.0307. The number of anilines is 1. The number of nitrogens with zero attached hydrogens (tertiary/aromatic N) is 1. The molecule has 1 spiro atoms. The first-order chi connectivity index (χ1) is 23.5. The van der Waals surface area contributed by atoms with Gasteiger partial charge in [0.25, 0.3) is 0 Å². The largest absolute Gasteiger partial charge is 0.490 e. The summed E-state index contributed by atoms with van der Waals surface area (Å²) < 4.78 is 42.7. The summed E-state index contributed by atoms with van der Waals surface area (Å²) in [7, 11) is -4.25. The number of halogens is 1. The lowest BCUT2D eigenvalue weighted by Crippen LogP contribution is -2.52. The van der Waals surface area contributed by atoms with Gasteiger partial charge in [-0.1, -0.05) is 50.6 Å². The SMILES string of the molecule is COC(=O)c1ccc2c(c1)N(C[C@@H]1CC[C@H]1[C@H](/C=C/[C@@H]1CC[C@H]1CS(N)(=O)=O)O[Si](C)(C)C(C)(C)C)C[C@@]1(CCCc3cc(Cl)ccc31)CO2. The Labute approximate surface area is 305 Å². The Morgan fingerprint density at radius 1 is 1.14 bits per heavy atom. The molecule has 0 unspecified atom stereocenters. The monoisotopic (exact) mass is 742 g/mol. The number of fused-ring (bicyclic) bond motifs is 3. The second kappa shape index (κ2) is 14.2. The number of rotatable bonds is 10. The van der Waals surface area contributed by atoms with Crippen LogP contribution in [-0.4, -0.2) is 61.4 Å². The van der Waals surface area contributed by atoms with Crippen molar-refractivity contribution in [3.05, 3.63) is 70.3 Å². The van der Waals surface area contributed by atoms with Crippen molar-refractivity contribution in [2.24, 2.45) is 28.8 Å². The maximum absolute atomic E-state index is 12.7. The third-order valence-electron chi connectivity index (χ3n) is 12.5. The molecule has 0 saturated heterocycles. The van der Waals surface area contributed by atoms with E-state index < -0.39 is 18.3 Å². The molecule has 2 N–H and O–H groups in total. The van der Waals surface area contributed by atoms with Crippen molar-refractivity contribution in [3.8, 4) is 5.75 Å². The van der Waals surface area contributed by atoms with Crippen molar-refractivity contribution in [2.45, 2.75) is 95.4 Å². The zero-order valence-corrected chi connectivity index (χ0v) is 33.1. The fraction of sp³-hybridized carbons (Fsp3) is 0.615. The molecular weight excluding hydrogens is 688 g/mol. The number of ether oxygens (including phenoxy) is 2. The highest BCUT2D eigenvalue weighted by molar-refractivity contribution is 7.89. The smallest absolute Gasteiger partial charge is 0.337 e. The Hall–Kier alpha value is -2.37. The van der Waals surface area contributed by atoms with Gasteiger partial charge in [-0.05, 0) is 128 Å². The summed E-state index contributed by atoms with van der Waals surface area (Å²) in [4.78, 5) is 15.2. The highest BCUT2D eigenvalue weighted by Gasteiger charge is 2.47. The number of hydrogen-bond donors (Lipinski definition) is 1. The number of benzene rings is 2. The Balaban J connectivity index is 1.32. The predicted molar refractivity (Wildman–Crippen MR) is 203 cm³/mol. The molecule has 1 heterocycles. The molecule has 2 saturated carbocycles. The molecule has 0 amide bonds. The van der Waals surface area contributed by atoms with Crippen molar-refractivity contribution < 1.29 is 27.1 Å². The van der Waals surface area contributed by atoms with Crippen LogP contribution in [0.2, 0.25) is 23.2 Å². The molecule has 2 aromatic rings. The molecule has 0 radical (unpaired) electrons. The van der Waals surface area contributed by atoms with E-state index in [4.69, 9.17) is 30.6 Å². The van der Waals surface area contributed by atoms with E-state index in [0.29, 0.717) is 24.0 Å². The zero-order chi connectivity index (χ0) is 36.1. The molecule has 6 atom stereocenters. The number of sulfonamides is 1. The first-order valence-electron chi connectivity index (χ1n) is 18.2. The summed E-state index contributed by atoms with van der Waals surface area (Å²) in [5.74, 6) is 1.37. The lowest BCUT2D eigenvalue weighted by Gasteiger charge is -2.48. The van der Waals surface area contributed by atoms with E-state index in [9.17, 15) is 13.2 Å². The van der Waals surface area contributed by atoms with Gasteiger partial charge in [0.2, 0.25) is 10.0 Å². The Morgan fingerprint density at radius 2 is 1.90 bits per heavy atom. The number of methoxy groups -OCH3 is 1. The normalized spacial score (nSPS) is 27.4. The second-order valence-electron chi connectivity index (χ2n) is 16.8. The minimum atomic E-state index is -3.52. The van der Waals surface area contributed by atoms with Crippen LogP contribution in [-0.2, 0) is 31.0 Å². The molecule has 6 rings (SSSR count). The molecule has 8 nitrogen and oxygen atoms in total. The van der Waals surface area contributed by atoms with Gasteiger partial charge in [0, 0.05) is 23.5 Å². The standard InChI is InChI=1S/C39H55ClN2O6SSi/c1-38(2,3)50(5,6)48-35(17-12-26-9-10-30(26)23-49(41,44)45)32-15-11-29(32)22-42-24-39(19-7-8-27-20-31(40)14-16-33(27)39)25-47-36-18-13-28(21-34(36)42)37(43)46-4/h12-14,16-18,20-21,26,29-30,32,35H,7-11,15,19,22-25H2,1-6H3,(H2,41,44,45)/b17-12+/t26-,29-,30-,32+,35-,39-/m0/s1. The summed E-state index contributed by atoms with van der Waals surface area (Å²) in [6.07, 6.45) is 11.5. The van der Waals surface area contributed by atoms with E-state index in [-0.39, 0.29) is 40.1 Å². The lowest BCUT2D eigenvalue weighted by atomic mass is 9.68. The fourth-order valence-corrected chi connectivity index (χ4v) is 10.8. The van der Waals surface area contributed by atoms with E-state index in [1.165, 1.54) is 18.2 Å². The van der Waals surface area contributed by atoms with Gasteiger partial charge in [0.15, 0.2) is 8.32 Å². The van der Waals surface area contributed by atoms with Crippen LogP contribution in [0, 0.1) is 23.7 Å². The maximum atomic E-state index is 12.7. The molecule has 4 aliphatic rings. The summed E-state index contributed by atoms with van der Waals surface area (Å²) in [6.45, 7) is 13.6. The molecule has 0 bridgehead atoms. The molecule has 1 aliphatic heterocycles. The van der Waals surface area contributed by atoms with Crippen LogP contribution in [0.1, 0.15) is 80.8 Å². The first-order valence-corrected chi connectivity index (χ1v) is 23.2. The van der Waals surface area contributed by atoms with Gasteiger partial charge in [0.1, 0.15) is 5.75 Å². The van der Waals surface area contributed by atoms with Crippen LogP contribution in [0.25, 0.3) is 0 Å². The Morgan fingerprint density at radius 3 is 2.54 bits per heavy atom. The average Bonchev–Trinajstić information content (AvgIpc) is 3.16. The van der Waals surface area contributed by atoms with Gasteiger partial charge in [-0.15, -0.1) is 0 Å². The van der Waals surface area contributed by atoms with Crippen LogP contribution in [0.5, 0.6) is 5.75 Å². The molecule has 2 aromatic carbocycles. The van der Waals surface area contributed by atoms with Gasteiger partial charge in [-0.25, -0.2) is 18.4 Å². The summed E-state index contributed by atoms with van der Waals surface area (Å²) in [5.41, 5.74) is 3.81. The fourth-order valence-electron chi connectivity index (χ4n) is 8.29. The lowest BCUT2D eigenvalue weighted by molar-refractivity contribution is 0.0519. The number of carbonyl (C=O) groups excluding carboxylic acids is 1. The number of aryl methyl sites for hydroxylation is 1. The van der Waals surface area contributed by atoms with Crippen LogP contribution in [0.3, 0.4) is 0 Å². The predicted octanol–water partition coefficient (Wildman–Crippen LogP) is 7.89. The highest BCUT2D eigenvalue weighted by Crippen LogP contribution is 2.48. The quantitative estimate of drug-likeness (QED) is 0.150. The minimum Gasteiger partial charge on any atom is -0.490 e. The Kier molecular flexibility index (Phi) is 10.6. The van der Waals surface area contributed by atoms with Crippen LogP contribution in [0.15, 0.2) is 48.6 Å². The third-order valence-corrected chi connectivity index (χ3v) is 18.1. The summed E-state index contributed by atoms with van der Waals surface area (Å²) in [6, 6.07) is 11.9. The number of hydrogen-bond acceptors (Lipinski definition) is 7. The van der Waals surface area contributed by atoms with Gasteiger partial charge in [-0.3, -0.25) is 0 Å². The number of carbonyl (C=O) groups is 1. The van der Waals surface area contributed by atoms with Crippen molar-refractivity contribution in [1.82, 2.24) is 0 Å². The molecule has 11 heteroatoms. The highest BCUT2D eigenvalue weighted by atomic mass is 35.5. The number of allylic oxidation sites excluding steroid dienone is 1. The van der Waals surface area contributed by atoms with Crippen molar-refractivity contribution >= 4 is 41.6 Å². The van der Waals surface area contributed by atoms with Crippen molar-refractivity contribution in [2.75, 3.05) is 37.5 Å². The molecular formula is C39H55ClN2O6SSi. The van der Waals surface area contributed by atoms with Gasteiger partial charge in [0.05, 0.1) is 36.8 Å². The van der Waals surface area contributed by atoms with Gasteiger partial charge in [-0.2, -0.15) is 0 Å². The third kappa shape index (κ3) is 7.84. The van der Waals surface area contributed by atoms with Crippen LogP contribution < -0.4 is 14.8 Å². The summed E-state index contributed by atoms with van der Waals surface area (Å²) >= 11 is 6.48. The molecule has 50 heavy (non-hydrogen) atoms. The van der Waals surface area contributed by atoms with Gasteiger partial charge >= 0.3 is 5.97 Å². The van der Waals surface area contributed by atoms with Crippen LogP contribution in [0.4, 0.5) is 5.69 Å². The average molecular weight is 743 g/mol. The topological polar surface area (TPSA) is 108 Å². The number of esters is 1. The van der Waals surface area contributed by atoms with E-state index in [2.05, 4.69) is 63.0 Å². The van der Waals surface area contributed by atoms with Crippen molar-refractivity contribution in [1.29, 1.82) is 0 Å². The maximum Gasteiger partial charge on any atom is 0.337 e. The molecule has 3 aliphatic carbocycles. The van der Waals surface area contributed by atoms with Crippen LogP contribution >= 0.6 is 11.6 Å². The first kappa shape index (κ1) is 37.4. The molecule has 2 fully saturated rings.